The molecule has 0 radical (unpaired) electrons. The average molecular weight is 615 g/mol. The molecule has 1 aromatic carbocycles. The summed E-state index contributed by atoms with van der Waals surface area (Å²) in [6.07, 6.45) is 15.8. The molecule has 0 spiro atoms. The molecule has 1 saturated carbocycles. The molecule has 1 aliphatic carbocycles. The van der Waals surface area contributed by atoms with Crippen LogP contribution in [0.25, 0.3) is 6.08 Å². The minimum atomic E-state index is -0.827. The van der Waals surface area contributed by atoms with Crippen LogP contribution in [0.1, 0.15) is 56.7 Å². The van der Waals surface area contributed by atoms with Crippen molar-refractivity contribution in [1.29, 1.82) is 0 Å². The molecule has 2 N–H and O–H groups in total. The van der Waals surface area contributed by atoms with Crippen LogP contribution in [0.4, 0.5) is 14.5 Å². The molecule has 2 aromatic rings. The third-order valence-corrected chi connectivity index (χ3v) is 7.27. The highest BCUT2D eigenvalue weighted by Crippen LogP contribution is 2.49. The van der Waals surface area contributed by atoms with Gasteiger partial charge in [-0.25, -0.2) is 14.4 Å². The zero-order valence-corrected chi connectivity index (χ0v) is 25.4. The van der Waals surface area contributed by atoms with Crippen molar-refractivity contribution in [2.45, 2.75) is 52.4 Å². The Bertz CT molecular complexity index is 1620. The van der Waals surface area contributed by atoms with E-state index < -0.39 is 23.8 Å². The molecule has 1 fully saturated rings. The van der Waals surface area contributed by atoms with E-state index in [2.05, 4.69) is 37.3 Å². The van der Waals surface area contributed by atoms with Crippen LogP contribution in [-0.2, 0) is 9.59 Å². The third kappa shape index (κ3) is 8.98. The number of aliphatic imine (C=N–C) groups is 3. The van der Waals surface area contributed by atoms with Crippen LogP contribution in [-0.4, -0.2) is 42.7 Å². The Hall–Kier alpha value is -5.06. The molecular weight excluding hydrogens is 578 g/mol. The zero-order valence-electron chi connectivity index (χ0n) is 25.4. The van der Waals surface area contributed by atoms with Crippen molar-refractivity contribution in [3.05, 3.63) is 88.9 Å². The standard InChI is InChI=1S/C34H36F2N6O3/c1-4-7-25(8-5-6-15-35)42-33(44)34(13-14-34)20-32(43)41-26-9-10-31(27(36)18-26)45-30-12-17-40-28(23(30)2)19-29(37-3)24-11-16-38-22-39-21-24/h5,7-10,12,16-19,21-22H,3-4,6,11,13-15,20H2,1-2H3,(H,41,43)(H,42,44)/b8-5-,25-7+,29-19-. The van der Waals surface area contributed by atoms with Crippen LogP contribution in [0.2, 0.25) is 0 Å². The van der Waals surface area contributed by atoms with E-state index in [0.717, 1.165) is 5.57 Å². The highest BCUT2D eigenvalue weighted by Gasteiger charge is 2.51. The number of aromatic nitrogens is 1. The summed E-state index contributed by atoms with van der Waals surface area (Å²) in [6, 6.07) is 5.76. The van der Waals surface area contributed by atoms with Crippen molar-refractivity contribution in [2.24, 2.45) is 20.4 Å². The van der Waals surface area contributed by atoms with Crippen LogP contribution in [0.3, 0.4) is 0 Å². The number of carbonyl (C=O) groups excluding carboxylic acids is 2. The molecule has 234 valence electrons. The predicted molar refractivity (Wildman–Crippen MR) is 174 cm³/mol. The lowest BCUT2D eigenvalue weighted by Gasteiger charge is -2.16. The Labute approximate surface area is 261 Å². The molecule has 2 aliphatic rings. The Balaban J connectivity index is 1.40. The van der Waals surface area contributed by atoms with Gasteiger partial charge < -0.3 is 15.4 Å². The van der Waals surface area contributed by atoms with Gasteiger partial charge >= 0.3 is 0 Å². The van der Waals surface area contributed by atoms with Crippen molar-refractivity contribution >= 4 is 42.8 Å². The molecule has 0 bridgehead atoms. The number of amides is 2. The van der Waals surface area contributed by atoms with E-state index in [1.807, 2.05) is 13.0 Å². The van der Waals surface area contributed by atoms with E-state index in [9.17, 15) is 14.0 Å². The van der Waals surface area contributed by atoms with E-state index in [4.69, 9.17) is 4.74 Å². The molecule has 45 heavy (non-hydrogen) atoms. The first-order chi connectivity index (χ1) is 21.8. The van der Waals surface area contributed by atoms with Gasteiger partial charge in [0.25, 0.3) is 0 Å². The van der Waals surface area contributed by atoms with Gasteiger partial charge in [-0.15, -0.1) is 0 Å². The molecule has 2 amide bonds. The van der Waals surface area contributed by atoms with E-state index in [-0.39, 0.29) is 30.2 Å². The number of halogens is 2. The van der Waals surface area contributed by atoms with Gasteiger partial charge in [0.1, 0.15) is 12.1 Å². The minimum Gasteiger partial charge on any atom is -0.454 e. The topological polar surface area (TPSA) is 117 Å². The molecule has 2 heterocycles. The predicted octanol–water partition coefficient (Wildman–Crippen LogP) is 7.18. The molecular formula is C34H36F2N6O3. The van der Waals surface area contributed by atoms with Gasteiger partial charge in [-0.3, -0.25) is 24.0 Å². The summed E-state index contributed by atoms with van der Waals surface area (Å²) < 4.78 is 33.5. The lowest BCUT2D eigenvalue weighted by Crippen LogP contribution is -2.33. The lowest BCUT2D eigenvalue weighted by atomic mass is 10.0. The number of benzene rings is 1. The molecule has 0 saturated heterocycles. The largest absolute Gasteiger partial charge is 0.454 e. The van der Waals surface area contributed by atoms with Crippen molar-refractivity contribution in [2.75, 3.05) is 12.0 Å². The molecule has 9 nitrogen and oxygen atoms in total. The number of carbonyl (C=O) groups is 2. The number of allylic oxidation sites excluding steroid dienone is 4. The van der Waals surface area contributed by atoms with E-state index >= 15 is 4.39 Å². The van der Waals surface area contributed by atoms with E-state index in [1.54, 1.807) is 49.8 Å². The van der Waals surface area contributed by atoms with Crippen LogP contribution < -0.4 is 15.4 Å². The van der Waals surface area contributed by atoms with Gasteiger partial charge in [0, 0.05) is 60.0 Å². The van der Waals surface area contributed by atoms with Gasteiger partial charge in [-0.05, 0) is 69.7 Å². The minimum absolute atomic E-state index is 0.0366. The number of anilines is 1. The third-order valence-electron chi connectivity index (χ3n) is 7.27. The highest BCUT2D eigenvalue weighted by molar-refractivity contribution is 5.97. The van der Waals surface area contributed by atoms with Gasteiger partial charge in [0.2, 0.25) is 11.8 Å². The SMILES string of the molecule is C=N/C(=C\c1nccc(Oc2ccc(NC(=O)CC3(C(=O)NC(/C=C\CCF)=C/CC)CC3)cc2F)c1C)C1=CN=CN=CC1. The van der Waals surface area contributed by atoms with Gasteiger partial charge in [-0.2, -0.15) is 0 Å². The average Bonchev–Trinajstić information content (AvgIpc) is 3.84. The number of pyridine rings is 1. The molecule has 1 aliphatic heterocycles. The number of ether oxygens (including phenoxy) is 1. The molecule has 0 unspecified atom stereocenters. The zero-order chi connectivity index (χ0) is 32.2. The Kier molecular flexibility index (Phi) is 11.4. The lowest BCUT2D eigenvalue weighted by molar-refractivity contribution is -0.129. The smallest absolute Gasteiger partial charge is 0.231 e. The first-order valence-electron chi connectivity index (χ1n) is 14.7. The maximum Gasteiger partial charge on any atom is 0.231 e. The summed E-state index contributed by atoms with van der Waals surface area (Å²) in [5, 5.41) is 5.54. The first-order valence-corrected chi connectivity index (χ1v) is 14.7. The first kappa shape index (κ1) is 32.8. The van der Waals surface area contributed by atoms with Crippen molar-refractivity contribution < 1.29 is 23.1 Å². The maximum atomic E-state index is 15.1. The fourth-order valence-electron chi connectivity index (χ4n) is 4.59. The second kappa shape index (κ2) is 15.6. The number of hydrogen-bond acceptors (Lipinski definition) is 7. The number of hydrogen-bond donors (Lipinski definition) is 2. The van der Waals surface area contributed by atoms with Crippen molar-refractivity contribution in [3.63, 3.8) is 0 Å². The Morgan fingerprint density at radius 1 is 1.20 bits per heavy atom. The summed E-state index contributed by atoms with van der Waals surface area (Å²) in [5.41, 5.74) is 2.60. The maximum absolute atomic E-state index is 15.1. The summed E-state index contributed by atoms with van der Waals surface area (Å²) >= 11 is 0. The van der Waals surface area contributed by atoms with Crippen molar-refractivity contribution in [1.82, 2.24) is 10.3 Å². The molecule has 11 heteroatoms. The summed E-state index contributed by atoms with van der Waals surface area (Å²) in [7, 11) is 0. The summed E-state index contributed by atoms with van der Waals surface area (Å²) in [5.74, 6) is -0.988. The Morgan fingerprint density at radius 3 is 2.73 bits per heavy atom. The van der Waals surface area contributed by atoms with Crippen molar-refractivity contribution in [3.8, 4) is 11.5 Å². The van der Waals surface area contributed by atoms with Gasteiger partial charge in [0.05, 0.1) is 23.5 Å². The number of rotatable bonds is 14. The quantitative estimate of drug-likeness (QED) is 0.173. The molecule has 1 aromatic heterocycles. The fraction of sp³-hybridized carbons (Fsp3) is 0.294. The highest BCUT2D eigenvalue weighted by atomic mass is 19.1. The fourth-order valence-corrected chi connectivity index (χ4v) is 4.59. The normalized spacial score (nSPS) is 15.8. The summed E-state index contributed by atoms with van der Waals surface area (Å²) in [4.78, 5) is 42.5. The van der Waals surface area contributed by atoms with Crippen LogP contribution in [0.15, 0.2) is 86.8 Å². The van der Waals surface area contributed by atoms with Gasteiger partial charge in [-0.1, -0.05) is 19.1 Å². The number of alkyl halides is 1. The number of nitrogens with zero attached hydrogens (tertiary/aromatic N) is 4. The second-order valence-electron chi connectivity index (χ2n) is 10.6. The second-order valence-corrected chi connectivity index (χ2v) is 10.6. The van der Waals surface area contributed by atoms with Crippen LogP contribution in [0, 0.1) is 18.2 Å². The van der Waals surface area contributed by atoms with E-state index in [1.165, 1.54) is 24.5 Å². The van der Waals surface area contributed by atoms with Crippen LogP contribution in [0.5, 0.6) is 11.5 Å². The molecule has 0 atom stereocenters. The number of nitrogens with one attached hydrogen (secondary N) is 2. The van der Waals surface area contributed by atoms with Gasteiger partial charge in [0.15, 0.2) is 11.6 Å². The van der Waals surface area contributed by atoms with E-state index in [0.29, 0.717) is 54.1 Å². The molecule has 4 rings (SSSR count). The Morgan fingerprint density at radius 2 is 2.02 bits per heavy atom. The van der Waals surface area contributed by atoms with Crippen LogP contribution >= 0.6 is 0 Å². The monoisotopic (exact) mass is 614 g/mol. The summed E-state index contributed by atoms with van der Waals surface area (Å²) in [6.45, 7) is 6.90.